The zero-order valence-electron chi connectivity index (χ0n) is 8.63. The van der Waals surface area contributed by atoms with Gasteiger partial charge in [0.1, 0.15) is 0 Å². The second kappa shape index (κ2) is 5.03. The molecule has 0 aliphatic rings. The predicted molar refractivity (Wildman–Crippen MR) is 49.6 cm³/mol. The number of rotatable bonds is 3. The summed E-state index contributed by atoms with van der Waals surface area (Å²) >= 11 is 0. The van der Waals surface area contributed by atoms with Crippen LogP contribution >= 0.6 is 0 Å². The molecule has 1 aromatic heterocycles. The monoisotopic (exact) mass is 267 g/mol. The fraction of sp³-hybridized carbons (Fsp3) is 0.333. The topological polar surface area (TPSA) is 71.9 Å². The first-order valence-electron chi connectivity index (χ1n) is 4.44. The lowest BCUT2D eigenvalue weighted by Gasteiger charge is -2.15. The van der Waals surface area contributed by atoms with Gasteiger partial charge in [-0.1, -0.05) is 0 Å². The van der Waals surface area contributed by atoms with Crippen LogP contribution in [0.4, 0.5) is 27.6 Å². The Morgan fingerprint density at radius 3 is 2.50 bits per heavy atom. The Labute approximate surface area is 97.8 Å². The van der Waals surface area contributed by atoms with Gasteiger partial charge >= 0.3 is 6.36 Å². The maximum atomic E-state index is 12.4. The Kier molecular flexibility index (Phi) is 3.90. The highest BCUT2D eigenvalue weighted by atomic mass is 19.4. The van der Waals surface area contributed by atoms with Crippen molar-refractivity contribution < 1.29 is 26.7 Å². The van der Waals surface area contributed by atoms with Gasteiger partial charge in [-0.3, -0.25) is 4.98 Å². The lowest BCUT2D eigenvalue weighted by molar-refractivity contribution is -0.274. The predicted octanol–water partition coefficient (Wildman–Crippen LogP) is 2.57. The summed E-state index contributed by atoms with van der Waals surface area (Å²) in [6, 6.07) is 1.53. The first kappa shape index (κ1) is 14.0. The molecule has 0 amide bonds. The second-order valence-corrected chi connectivity index (χ2v) is 3.09. The van der Waals surface area contributed by atoms with Crippen molar-refractivity contribution >= 4 is 5.69 Å². The summed E-state index contributed by atoms with van der Waals surface area (Å²) in [6.45, 7) is 0. The van der Waals surface area contributed by atoms with E-state index in [9.17, 15) is 22.0 Å². The number of nitrogens with zero attached hydrogens (tertiary/aromatic N) is 2. The van der Waals surface area contributed by atoms with Crippen molar-refractivity contribution in [2.24, 2.45) is 0 Å². The lowest BCUT2D eigenvalue weighted by atomic mass is 10.1. The highest BCUT2D eigenvalue weighted by molar-refractivity contribution is 5.60. The standard InChI is InChI=1S/C9H6F5N3O/c10-8(11)4-3-17-5(1-2-15)7(6(4)16)18-9(12,13)14/h3,8H,1H2,(H2,16,17). The number of hydrogen-bond acceptors (Lipinski definition) is 4. The molecule has 0 aliphatic carbocycles. The van der Waals surface area contributed by atoms with Gasteiger partial charge in [0.25, 0.3) is 6.43 Å². The number of hydrogen-bond donors (Lipinski definition) is 1. The van der Waals surface area contributed by atoms with Crippen LogP contribution in [0.2, 0.25) is 0 Å². The van der Waals surface area contributed by atoms with Crippen molar-refractivity contribution in [3.8, 4) is 11.8 Å². The molecule has 9 heteroatoms. The molecular formula is C9H6F5N3O. The molecule has 1 rings (SSSR count). The Morgan fingerprint density at radius 2 is 2.06 bits per heavy atom. The van der Waals surface area contributed by atoms with Gasteiger partial charge in [0.15, 0.2) is 5.75 Å². The number of ether oxygens (including phenoxy) is 1. The number of halogens is 5. The Hall–Kier alpha value is -2.11. The Bertz CT molecular complexity index is 480. The molecule has 0 atom stereocenters. The molecule has 1 aromatic rings. The molecule has 4 nitrogen and oxygen atoms in total. The summed E-state index contributed by atoms with van der Waals surface area (Å²) in [7, 11) is 0. The third-order valence-electron chi connectivity index (χ3n) is 1.88. The highest BCUT2D eigenvalue weighted by Crippen LogP contribution is 2.37. The van der Waals surface area contributed by atoms with E-state index >= 15 is 0 Å². The smallest absolute Gasteiger partial charge is 0.402 e. The van der Waals surface area contributed by atoms with E-state index in [1.165, 1.54) is 6.07 Å². The Morgan fingerprint density at radius 1 is 1.44 bits per heavy atom. The number of aromatic nitrogens is 1. The molecule has 2 N–H and O–H groups in total. The van der Waals surface area contributed by atoms with Crippen molar-refractivity contribution in [2.75, 3.05) is 5.73 Å². The summed E-state index contributed by atoms with van der Waals surface area (Å²) in [6.07, 6.45) is -8.13. The summed E-state index contributed by atoms with van der Waals surface area (Å²) in [5.74, 6) is -1.05. The van der Waals surface area contributed by atoms with Crippen LogP contribution in [0.15, 0.2) is 6.20 Å². The third-order valence-corrected chi connectivity index (χ3v) is 1.88. The van der Waals surface area contributed by atoms with Gasteiger partial charge in [-0.25, -0.2) is 8.78 Å². The van der Waals surface area contributed by atoms with Crippen LogP contribution in [0.1, 0.15) is 17.7 Å². The molecule has 1 heterocycles. The second-order valence-electron chi connectivity index (χ2n) is 3.09. The van der Waals surface area contributed by atoms with Crippen LogP contribution < -0.4 is 10.5 Å². The maximum Gasteiger partial charge on any atom is 0.573 e. The zero-order chi connectivity index (χ0) is 13.9. The molecule has 18 heavy (non-hydrogen) atoms. The third kappa shape index (κ3) is 3.19. The van der Waals surface area contributed by atoms with Crippen LogP contribution in [0.5, 0.6) is 5.75 Å². The van der Waals surface area contributed by atoms with Crippen LogP contribution in [0.3, 0.4) is 0 Å². The van der Waals surface area contributed by atoms with Gasteiger partial charge < -0.3 is 10.5 Å². The minimum Gasteiger partial charge on any atom is -0.402 e. The number of nitrogens with two attached hydrogens (primary N) is 1. The first-order chi connectivity index (χ1) is 8.26. The van der Waals surface area contributed by atoms with E-state index in [4.69, 9.17) is 11.0 Å². The minimum absolute atomic E-state index is 0.447. The van der Waals surface area contributed by atoms with E-state index < -0.39 is 41.9 Å². The number of nitrogen functional groups attached to an aromatic ring is 1. The van der Waals surface area contributed by atoms with E-state index in [2.05, 4.69) is 9.72 Å². The van der Waals surface area contributed by atoms with Crippen molar-refractivity contribution in [2.45, 2.75) is 19.2 Å². The molecule has 0 saturated heterocycles. The lowest BCUT2D eigenvalue weighted by Crippen LogP contribution is -2.20. The van der Waals surface area contributed by atoms with Crippen LogP contribution in [0, 0.1) is 11.3 Å². The average Bonchev–Trinajstić information content (AvgIpc) is 2.21. The van der Waals surface area contributed by atoms with Crippen LogP contribution in [-0.2, 0) is 6.42 Å². The summed E-state index contributed by atoms with van der Waals surface area (Å²) < 4.78 is 64.7. The maximum absolute atomic E-state index is 12.4. The quantitative estimate of drug-likeness (QED) is 0.854. The number of pyridine rings is 1. The van der Waals surface area contributed by atoms with Crippen LogP contribution in [0.25, 0.3) is 0 Å². The van der Waals surface area contributed by atoms with Crippen molar-refractivity contribution in [1.29, 1.82) is 5.26 Å². The molecule has 0 radical (unpaired) electrons. The molecule has 0 spiro atoms. The van der Waals surface area contributed by atoms with Gasteiger partial charge in [-0.05, 0) is 0 Å². The molecular weight excluding hydrogens is 261 g/mol. The van der Waals surface area contributed by atoms with Gasteiger partial charge in [0.05, 0.1) is 29.4 Å². The van der Waals surface area contributed by atoms with E-state index in [-0.39, 0.29) is 0 Å². The summed E-state index contributed by atoms with van der Waals surface area (Å²) in [5.41, 5.74) is 2.97. The van der Waals surface area contributed by atoms with E-state index in [0.717, 1.165) is 0 Å². The fourth-order valence-electron chi connectivity index (χ4n) is 1.17. The molecule has 0 aromatic carbocycles. The summed E-state index contributed by atoms with van der Waals surface area (Å²) in [5, 5.41) is 8.40. The molecule has 0 unspecified atom stereocenters. The highest BCUT2D eigenvalue weighted by Gasteiger charge is 2.34. The van der Waals surface area contributed by atoms with E-state index in [0.29, 0.717) is 6.20 Å². The first-order valence-corrected chi connectivity index (χ1v) is 4.44. The molecule has 0 fully saturated rings. The molecule has 0 aliphatic heterocycles. The number of anilines is 1. The van der Waals surface area contributed by atoms with Crippen molar-refractivity contribution in [1.82, 2.24) is 4.98 Å². The van der Waals surface area contributed by atoms with Crippen molar-refractivity contribution in [3.05, 3.63) is 17.5 Å². The van der Waals surface area contributed by atoms with Gasteiger partial charge in [-0.2, -0.15) is 5.26 Å². The number of nitriles is 1. The zero-order valence-corrected chi connectivity index (χ0v) is 8.63. The Balaban J connectivity index is 3.32. The minimum atomic E-state index is -5.11. The van der Waals surface area contributed by atoms with Crippen molar-refractivity contribution in [3.63, 3.8) is 0 Å². The number of alkyl halides is 5. The van der Waals surface area contributed by atoms with Gasteiger partial charge in [0, 0.05) is 6.20 Å². The largest absolute Gasteiger partial charge is 0.573 e. The molecule has 0 saturated carbocycles. The fourth-order valence-corrected chi connectivity index (χ4v) is 1.17. The average molecular weight is 267 g/mol. The van der Waals surface area contributed by atoms with Gasteiger partial charge in [-0.15, -0.1) is 13.2 Å². The SMILES string of the molecule is N#CCc1ncc(C(F)F)c(N)c1OC(F)(F)F. The summed E-state index contributed by atoms with van der Waals surface area (Å²) in [4.78, 5) is 3.33. The molecule has 98 valence electrons. The van der Waals surface area contributed by atoms with E-state index in [1.54, 1.807) is 0 Å². The van der Waals surface area contributed by atoms with Gasteiger partial charge in [0.2, 0.25) is 0 Å². The van der Waals surface area contributed by atoms with E-state index in [1.807, 2.05) is 0 Å². The normalized spacial score (nSPS) is 11.4. The van der Waals surface area contributed by atoms with Crippen LogP contribution in [-0.4, -0.2) is 11.3 Å². The molecule has 0 bridgehead atoms.